The van der Waals surface area contributed by atoms with Crippen molar-refractivity contribution in [2.24, 2.45) is 17.3 Å². The molecule has 4 nitrogen and oxygen atoms in total. The smallest absolute Gasteiger partial charge is 0.224 e. The third kappa shape index (κ3) is 2.47. The minimum absolute atomic E-state index is 0.0583. The summed E-state index contributed by atoms with van der Waals surface area (Å²) in [6, 6.07) is 1.76. The van der Waals surface area contributed by atoms with Crippen LogP contribution in [0.15, 0.2) is 28.4 Å². The van der Waals surface area contributed by atoms with E-state index in [-0.39, 0.29) is 17.2 Å². The van der Waals surface area contributed by atoms with Gasteiger partial charge in [0.25, 0.3) is 0 Å². The third-order valence-electron chi connectivity index (χ3n) is 3.63. The number of nitrogens with one attached hydrogen (secondary N) is 1. The molecule has 0 bridgehead atoms. The monoisotopic (exact) mass is 248 g/mol. The Morgan fingerprint density at radius 1 is 1.56 bits per heavy atom. The lowest BCUT2D eigenvalue weighted by atomic mass is 10.1. The first-order chi connectivity index (χ1) is 8.43. The Labute approximate surface area is 107 Å². The Morgan fingerprint density at radius 3 is 2.83 bits per heavy atom. The van der Waals surface area contributed by atoms with Gasteiger partial charge in [-0.25, -0.2) is 0 Å². The van der Waals surface area contributed by atoms with E-state index in [9.17, 15) is 4.79 Å². The van der Waals surface area contributed by atoms with Crippen molar-refractivity contribution in [3.8, 4) is 0 Å². The van der Waals surface area contributed by atoms with Crippen LogP contribution >= 0.6 is 0 Å². The van der Waals surface area contributed by atoms with Crippen LogP contribution in [-0.4, -0.2) is 11.1 Å². The molecule has 0 aromatic carbocycles. The summed E-state index contributed by atoms with van der Waals surface area (Å²) in [5.41, 5.74) is 1.32. The number of nitrogens with zero attached hydrogens (tertiary/aromatic N) is 1. The molecule has 1 aliphatic rings. The fourth-order valence-electron chi connectivity index (χ4n) is 2.47. The zero-order valence-electron chi connectivity index (χ0n) is 11.4. The van der Waals surface area contributed by atoms with E-state index in [4.69, 9.17) is 4.52 Å². The Kier molecular flexibility index (Phi) is 3.28. The van der Waals surface area contributed by atoms with Gasteiger partial charge < -0.3 is 9.84 Å². The molecule has 0 aliphatic heterocycles. The van der Waals surface area contributed by atoms with Crippen molar-refractivity contribution in [2.45, 2.75) is 34.2 Å². The molecule has 98 valence electrons. The Hall–Kier alpha value is -1.58. The summed E-state index contributed by atoms with van der Waals surface area (Å²) >= 11 is 0. The van der Waals surface area contributed by atoms with Crippen LogP contribution in [0, 0.1) is 17.3 Å². The SMILES string of the molecule is CC(C)=CC1C(C(=O)NCc2ccno2)C1(C)C. The summed E-state index contributed by atoms with van der Waals surface area (Å²) in [5, 5.41) is 6.51. The minimum Gasteiger partial charge on any atom is -0.360 e. The van der Waals surface area contributed by atoms with Crippen molar-refractivity contribution < 1.29 is 9.32 Å². The Balaban J connectivity index is 1.92. The first kappa shape index (κ1) is 12.9. The van der Waals surface area contributed by atoms with Crippen LogP contribution in [0.2, 0.25) is 0 Å². The van der Waals surface area contributed by atoms with Crippen molar-refractivity contribution in [1.29, 1.82) is 0 Å². The van der Waals surface area contributed by atoms with Crippen molar-refractivity contribution in [3.63, 3.8) is 0 Å². The molecule has 1 saturated carbocycles. The van der Waals surface area contributed by atoms with Gasteiger partial charge in [0.05, 0.1) is 18.7 Å². The summed E-state index contributed by atoms with van der Waals surface area (Å²) in [4.78, 5) is 12.1. The summed E-state index contributed by atoms with van der Waals surface area (Å²) in [7, 11) is 0. The highest BCUT2D eigenvalue weighted by Crippen LogP contribution is 2.59. The average molecular weight is 248 g/mol. The maximum atomic E-state index is 12.1. The first-order valence-corrected chi connectivity index (χ1v) is 6.25. The van der Waals surface area contributed by atoms with Crippen molar-refractivity contribution in [1.82, 2.24) is 10.5 Å². The molecule has 0 spiro atoms. The number of aromatic nitrogens is 1. The molecule has 1 aromatic heterocycles. The molecule has 2 unspecified atom stereocenters. The number of amides is 1. The van der Waals surface area contributed by atoms with Crippen LogP contribution in [0.4, 0.5) is 0 Å². The van der Waals surface area contributed by atoms with Gasteiger partial charge in [-0.2, -0.15) is 0 Å². The molecular formula is C14H20N2O2. The molecule has 1 amide bonds. The van der Waals surface area contributed by atoms with E-state index in [0.717, 1.165) is 0 Å². The van der Waals surface area contributed by atoms with E-state index in [1.807, 2.05) is 0 Å². The number of rotatable bonds is 4. The van der Waals surface area contributed by atoms with E-state index in [0.29, 0.717) is 18.2 Å². The third-order valence-corrected chi connectivity index (χ3v) is 3.63. The van der Waals surface area contributed by atoms with Gasteiger partial charge in [0, 0.05) is 6.07 Å². The van der Waals surface area contributed by atoms with Gasteiger partial charge in [-0.3, -0.25) is 4.79 Å². The van der Waals surface area contributed by atoms with Crippen LogP contribution in [0.1, 0.15) is 33.5 Å². The number of carbonyl (C=O) groups is 1. The highest BCUT2D eigenvalue weighted by molar-refractivity contribution is 5.83. The molecule has 1 N–H and O–H groups in total. The van der Waals surface area contributed by atoms with Crippen LogP contribution in [0.5, 0.6) is 0 Å². The Morgan fingerprint density at radius 2 is 2.28 bits per heavy atom. The zero-order valence-corrected chi connectivity index (χ0v) is 11.4. The summed E-state index contributed by atoms with van der Waals surface area (Å²) in [6.45, 7) is 8.81. The summed E-state index contributed by atoms with van der Waals surface area (Å²) in [6.07, 6.45) is 3.77. The van der Waals surface area contributed by atoms with E-state index < -0.39 is 0 Å². The average Bonchev–Trinajstić information content (AvgIpc) is 2.70. The van der Waals surface area contributed by atoms with E-state index in [1.54, 1.807) is 12.3 Å². The highest BCUT2D eigenvalue weighted by atomic mass is 16.5. The molecule has 2 atom stereocenters. The molecule has 1 aliphatic carbocycles. The molecule has 18 heavy (non-hydrogen) atoms. The summed E-state index contributed by atoms with van der Waals surface area (Å²) in [5.74, 6) is 1.19. The van der Waals surface area contributed by atoms with Crippen molar-refractivity contribution in [2.75, 3.05) is 0 Å². The lowest BCUT2D eigenvalue weighted by Crippen LogP contribution is -2.26. The Bertz CT molecular complexity index is 456. The van der Waals surface area contributed by atoms with Crippen LogP contribution in [0.25, 0.3) is 0 Å². The van der Waals surface area contributed by atoms with Crippen molar-refractivity contribution >= 4 is 5.91 Å². The molecule has 1 fully saturated rings. The fraction of sp³-hybridized carbons (Fsp3) is 0.571. The number of carbonyl (C=O) groups excluding carboxylic acids is 1. The topological polar surface area (TPSA) is 55.1 Å². The van der Waals surface area contributed by atoms with E-state index in [1.165, 1.54) is 5.57 Å². The highest BCUT2D eigenvalue weighted by Gasteiger charge is 2.60. The molecule has 2 rings (SSSR count). The predicted octanol–water partition coefficient (Wildman–Crippen LogP) is 2.53. The predicted molar refractivity (Wildman–Crippen MR) is 68.5 cm³/mol. The number of hydrogen-bond acceptors (Lipinski definition) is 3. The van der Waals surface area contributed by atoms with Gasteiger partial charge in [-0.1, -0.05) is 30.7 Å². The standard InChI is InChI=1S/C14H20N2O2/c1-9(2)7-11-12(14(11,3)4)13(17)15-8-10-5-6-16-18-10/h5-7,11-12H,8H2,1-4H3,(H,15,17). The lowest BCUT2D eigenvalue weighted by molar-refractivity contribution is -0.123. The normalized spacial score (nSPS) is 24.4. The number of allylic oxidation sites excluding steroid dienone is 2. The molecule has 1 aromatic rings. The quantitative estimate of drug-likeness (QED) is 0.833. The second-order valence-corrected chi connectivity index (χ2v) is 5.77. The molecular weight excluding hydrogens is 228 g/mol. The molecule has 4 heteroatoms. The lowest BCUT2D eigenvalue weighted by Gasteiger charge is -2.03. The van der Waals surface area contributed by atoms with Gasteiger partial charge in [-0.05, 0) is 25.2 Å². The fourth-order valence-corrected chi connectivity index (χ4v) is 2.47. The number of hydrogen-bond donors (Lipinski definition) is 1. The van der Waals surface area contributed by atoms with Crippen LogP contribution in [-0.2, 0) is 11.3 Å². The largest absolute Gasteiger partial charge is 0.360 e. The minimum atomic E-state index is 0.0583. The van der Waals surface area contributed by atoms with E-state index in [2.05, 4.69) is 44.2 Å². The maximum absolute atomic E-state index is 12.1. The van der Waals surface area contributed by atoms with Crippen LogP contribution < -0.4 is 5.32 Å². The van der Waals surface area contributed by atoms with Crippen LogP contribution in [0.3, 0.4) is 0 Å². The van der Waals surface area contributed by atoms with E-state index >= 15 is 0 Å². The molecule has 0 saturated heterocycles. The van der Waals surface area contributed by atoms with Crippen molar-refractivity contribution in [3.05, 3.63) is 29.7 Å². The van der Waals surface area contributed by atoms with Gasteiger partial charge >= 0.3 is 0 Å². The maximum Gasteiger partial charge on any atom is 0.224 e. The van der Waals surface area contributed by atoms with Gasteiger partial charge in [0.1, 0.15) is 0 Å². The zero-order chi connectivity index (χ0) is 13.3. The van der Waals surface area contributed by atoms with Gasteiger partial charge in [0.2, 0.25) is 5.91 Å². The molecule has 1 heterocycles. The molecule has 0 radical (unpaired) electrons. The first-order valence-electron chi connectivity index (χ1n) is 6.25. The second-order valence-electron chi connectivity index (χ2n) is 5.77. The van der Waals surface area contributed by atoms with Gasteiger partial charge in [0.15, 0.2) is 5.76 Å². The summed E-state index contributed by atoms with van der Waals surface area (Å²) < 4.78 is 4.95. The second kappa shape index (κ2) is 4.59. The van der Waals surface area contributed by atoms with Gasteiger partial charge in [-0.15, -0.1) is 0 Å².